The van der Waals surface area contributed by atoms with Crippen molar-refractivity contribution in [2.45, 2.75) is 44.8 Å². The van der Waals surface area contributed by atoms with Gasteiger partial charge in [-0.3, -0.25) is 4.79 Å². The minimum atomic E-state index is -2.95. The Morgan fingerprint density at radius 1 is 1.24 bits per heavy atom. The average Bonchev–Trinajstić information content (AvgIpc) is 3.18. The highest BCUT2D eigenvalue weighted by Crippen LogP contribution is 2.29. The Bertz CT molecular complexity index is 1430. The molecule has 8 nitrogen and oxygen atoms in total. The number of fused-ring (bicyclic) bond motifs is 1. The van der Waals surface area contributed by atoms with Crippen LogP contribution < -0.4 is 10.1 Å². The number of hydrogen-bond acceptors (Lipinski definition) is 6. The van der Waals surface area contributed by atoms with Gasteiger partial charge in [0.05, 0.1) is 5.69 Å². The first-order valence-electron chi connectivity index (χ1n) is 11.8. The molecule has 2 unspecified atom stereocenters. The second-order valence-corrected chi connectivity index (χ2v) is 8.97. The number of halogens is 3. The Hall–Kier alpha value is -3.99. The number of ether oxygens (including phenoxy) is 1. The Morgan fingerprint density at radius 2 is 2.00 bits per heavy atom. The minimum Gasteiger partial charge on any atom is -0.480 e. The molecule has 4 heterocycles. The van der Waals surface area contributed by atoms with E-state index in [1.165, 1.54) is 12.1 Å². The van der Waals surface area contributed by atoms with Crippen LogP contribution >= 0.6 is 0 Å². The van der Waals surface area contributed by atoms with E-state index >= 15 is 4.39 Å². The van der Waals surface area contributed by atoms with Gasteiger partial charge in [0.15, 0.2) is 0 Å². The lowest BCUT2D eigenvalue weighted by Crippen LogP contribution is -2.43. The summed E-state index contributed by atoms with van der Waals surface area (Å²) >= 11 is 0. The van der Waals surface area contributed by atoms with Gasteiger partial charge < -0.3 is 19.6 Å². The number of carboxylic acid groups (broad SMARTS) is 1. The van der Waals surface area contributed by atoms with Crippen LogP contribution in [0.4, 0.5) is 13.2 Å². The lowest BCUT2D eigenvalue weighted by Gasteiger charge is -2.26. The number of pyridine rings is 1. The lowest BCUT2D eigenvalue weighted by molar-refractivity contribution is -0.140. The lowest BCUT2D eigenvalue weighted by atomic mass is 9.94. The fourth-order valence-electron chi connectivity index (χ4n) is 4.67. The molecule has 11 heteroatoms. The number of para-hydroxylation sites is 1. The van der Waals surface area contributed by atoms with Gasteiger partial charge in [-0.05, 0) is 25.8 Å². The van der Waals surface area contributed by atoms with Gasteiger partial charge in [0.1, 0.15) is 29.1 Å². The number of carboxylic acids is 1. The standard InChI is InChI=1S/C26H24F3N5O3/c1-14-21(8-15-4-2-3-5-22(15)37-26(28)29)34-13-18(19(27)9-23(34)33-14)17-11-31-24(32-12-17)16-6-7-20(25(35)36)30-10-16/h2-5,9,11-13,16,20,26,30H,6-8,10H2,1H3,(H,35,36). The molecular formula is C26H24F3N5O3. The quantitative estimate of drug-likeness (QED) is 0.380. The number of alkyl halides is 2. The number of aromatic nitrogens is 4. The second kappa shape index (κ2) is 10.2. The predicted octanol–water partition coefficient (Wildman–Crippen LogP) is 4.35. The number of aryl methyl sites for hydroxylation is 1. The SMILES string of the molecule is Cc1nc2cc(F)c(-c3cnc(C4CCC(C(=O)O)NC4)nc3)cn2c1Cc1ccccc1OC(F)F. The molecule has 0 spiro atoms. The molecule has 0 radical (unpaired) electrons. The van der Waals surface area contributed by atoms with Crippen LogP contribution in [0.5, 0.6) is 5.75 Å². The van der Waals surface area contributed by atoms with Gasteiger partial charge in [0, 0.05) is 65.9 Å². The molecule has 1 aliphatic rings. The molecule has 1 aliphatic heterocycles. The van der Waals surface area contributed by atoms with E-state index in [9.17, 15) is 13.6 Å². The number of rotatable bonds is 7. The highest BCUT2D eigenvalue weighted by Gasteiger charge is 2.27. The third-order valence-electron chi connectivity index (χ3n) is 6.62. The van der Waals surface area contributed by atoms with Crippen molar-refractivity contribution in [2.24, 2.45) is 0 Å². The largest absolute Gasteiger partial charge is 0.480 e. The molecule has 37 heavy (non-hydrogen) atoms. The topological polar surface area (TPSA) is 102 Å². The van der Waals surface area contributed by atoms with Gasteiger partial charge in [-0.2, -0.15) is 8.78 Å². The van der Waals surface area contributed by atoms with Crippen molar-refractivity contribution in [1.29, 1.82) is 0 Å². The summed E-state index contributed by atoms with van der Waals surface area (Å²) in [6.07, 6.45) is 6.07. The third kappa shape index (κ3) is 5.12. The van der Waals surface area contributed by atoms with Crippen molar-refractivity contribution in [3.63, 3.8) is 0 Å². The summed E-state index contributed by atoms with van der Waals surface area (Å²) in [4.78, 5) is 24.4. The molecule has 1 aromatic carbocycles. The zero-order valence-corrected chi connectivity index (χ0v) is 19.9. The molecular weight excluding hydrogens is 487 g/mol. The summed E-state index contributed by atoms with van der Waals surface area (Å²) in [6.45, 7) is -0.719. The Morgan fingerprint density at radius 3 is 2.68 bits per heavy atom. The highest BCUT2D eigenvalue weighted by atomic mass is 19.3. The number of nitrogens with zero attached hydrogens (tertiary/aromatic N) is 4. The van der Waals surface area contributed by atoms with Gasteiger partial charge in [-0.15, -0.1) is 0 Å². The molecule has 0 bridgehead atoms. The molecule has 2 atom stereocenters. The number of piperidine rings is 1. The summed E-state index contributed by atoms with van der Waals surface area (Å²) < 4.78 is 47.2. The van der Waals surface area contributed by atoms with Crippen LogP contribution in [0.3, 0.4) is 0 Å². The molecule has 1 saturated heterocycles. The number of imidazole rings is 1. The molecule has 0 saturated carbocycles. The summed E-state index contributed by atoms with van der Waals surface area (Å²) in [6, 6.07) is 7.28. The summed E-state index contributed by atoms with van der Waals surface area (Å²) in [5, 5.41) is 12.1. The molecule has 1 fully saturated rings. The normalized spacial score (nSPS) is 17.9. The number of carbonyl (C=O) groups is 1. The van der Waals surface area contributed by atoms with Gasteiger partial charge in [-0.25, -0.2) is 19.3 Å². The number of nitrogens with one attached hydrogen (secondary N) is 1. The van der Waals surface area contributed by atoms with E-state index in [4.69, 9.17) is 5.11 Å². The fraction of sp³-hybridized carbons (Fsp3) is 0.308. The van der Waals surface area contributed by atoms with Crippen LogP contribution in [0.2, 0.25) is 0 Å². The predicted molar refractivity (Wildman–Crippen MR) is 128 cm³/mol. The van der Waals surface area contributed by atoms with Crippen LogP contribution in [0.25, 0.3) is 16.8 Å². The Balaban J connectivity index is 1.43. The van der Waals surface area contributed by atoms with E-state index in [-0.39, 0.29) is 23.7 Å². The van der Waals surface area contributed by atoms with E-state index in [0.29, 0.717) is 53.4 Å². The molecule has 0 amide bonds. The first-order valence-corrected chi connectivity index (χ1v) is 11.8. The molecule has 2 N–H and O–H groups in total. The van der Waals surface area contributed by atoms with E-state index in [1.807, 2.05) is 0 Å². The average molecular weight is 512 g/mol. The smallest absolute Gasteiger partial charge is 0.387 e. The molecule has 4 aromatic rings. The maximum absolute atomic E-state index is 15.1. The van der Waals surface area contributed by atoms with Crippen molar-refractivity contribution in [2.75, 3.05) is 6.54 Å². The maximum atomic E-state index is 15.1. The maximum Gasteiger partial charge on any atom is 0.387 e. The minimum absolute atomic E-state index is 0.0320. The van der Waals surface area contributed by atoms with Gasteiger partial charge in [-0.1, -0.05) is 18.2 Å². The van der Waals surface area contributed by atoms with Crippen LogP contribution in [-0.4, -0.2) is 49.6 Å². The van der Waals surface area contributed by atoms with E-state index in [0.717, 1.165) is 0 Å². The van der Waals surface area contributed by atoms with Crippen LogP contribution in [0.15, 0.2) is 48.9 Å². The zero-order chi connectivity index (χ0) is 26.1. The van der Waals surface area contributed by atoms with E-state index < -0.39 is 24.4 Å². The fourth-order valence-corrected chi connectivity index (χ4v) is 4.67. The van der Waals surface area contributed by atoms with Crippen LogP contribution in [0, 0.1) is 12.7 Å². The van der Waals surface area contributed by atoms with Crippen molar-refractivity contribution in [3.8, 4) is 16.9 Å². The van der Waals surface area contributed by atoms with Gasteiger partial charge in [0.2, 0.25) is 0 Å². The molecule has 3 aromatic heterocycles. The second-order valence-electron chi connectivity index (χ2n) is 8.97. The van der Waals surface area contributed by atoms with Crippen molar-refractivity contribution < 1.29 is 27.8 Å². The number of hydrogen-bond donors (Lipinski definition) is 2. The first kappa shape index (κ1) is 24.7. The van der Waals surface area contributed by atoms with E-state index in [2.05, 4.69) is 25.0 Å². The van der Waals surface area contributed by atoms with Crippen LogP contribution in [-0.2, 0) is 11.2 Å². The third-order valence-corrected chi connectivity index (χ3v) is 6.62. The van der Waals surface area contributed by atoms with Gasteiger partial charge >= 0.3 is 12.6 Å². The van der Waals surface area contributed by atoms with Crippen molar-refractivity contribution >= 4 is 11.6 Å². The molecule has 192 valence electrons. The van der Waals surface area contributed by atoms with Crippen molar-refractivity contribution in [3.05, 3.63) is 77.5 Å². The summed E-state index contributed by atoms with van der Waals surface area (Å²) in [5.41, 5.74) is 3.02. The monoisotopic (exact) mass is 511 g/mol. The zero-order valence-electron chi connectivity index (χ0n) is 19.9. The number of aliphatic carboxylic acids is 1. The number of benzene rings is 1. The molecule has 5 rings (SSSR count). The van der Waals surface area contributed by atoms with Gasteiger partial charge in [0.25, 0.3) is 0 Å². The molecule has 0 aliphatic carbocycles. The Labute approximate surface area is 210 Å². The van der Waals surface area contributed by atoms with Crippen molar-refractivity contribution in [1.82, 2.24) is 24.7 Å². The first-order chi connectivity index (χ1) is 17.8. The van der Waals surface area contributed by atoms with Crippen LogP contribution in [0.1, 0.15) is 41.5 Å². The van der Waals surface area contributed by atoms with E-state index in [1.54, 1.807) is 48.1 Å². The highest BCUT2D eigenvalue weighted by molar-refractivity contribution is 5.73. The Kier molecular flexibility index (Phi) is 6.79. The summed E-state index contributed by atoms with van der Waals surface area (Å²) in [7, 11) is 0. The summed E-state index contributed by atoms with van der Waals surface area (Å²) in [5.74, 6) is -0.762.